The van der Waals surface area contributed by atoms with E-state index in [1.807, 2.05) is 36.4 Å². The lowest BCUT2D eigenvalue weighted by molar-refractivity contribution is -0.130. The van der Waals surface area contributed by atoms with E-state index in [1.54, 1.807) is 43.3 Å². The fourth-order valence-electron chi connectivity index (χ4n) is 3.68. The summed E-state index contributed by atoms with van der Waals surface area (Å²) >= 11 is 0. The highest BCUT2D eigenvalue weighted by Crippen LogP contribution is 2.35. The summed E-state index contributed by atoms with van der Waals surface area (Å²) in [6.45, 7) is 2.17. The number of ether oxygens (including phenoxy) is 3. The third kappa shape index (κ3) is 4.86. The molecule has 5 rings (SSSR count). The molecule has 1 aromatic heterocycles. The first-order valence-corrected chi connectivity index (χ1v) is 11.1. The molecule has 0 fully saturated rings. The number of carbonyl (C=O) groups is 2. The smallest absolute Gasteiger partial charge is 0.338 e. The second-order valence-corrected chi connectivity index (χ2v) is 7.80. The Balaban J connectivity index is 1.19. The van der Waals surface area contributed by atoms with Gasteiger partial charge >= 0.3 is 5.97 Å². The van der Waals surface area contributed by atoms with Gasteiger partial charge in [0.25, 0.3) is 5.91 Å². The number of carbonyl (C=O) groups excluding carboxylic acids is 2. The zero-order valence-electron chi connectivity index (χ0n) is 18.9. The van der Waals surface area contributed by atoms with Gasteiger partial charge in [0.15, 0.2) is 11.5 Å². The van der Waals surface area contributed by atoms with Crippen molar-refractivity contribution in [2.75, 3.05) is 13.2 Å². The van der Waals surface area contributed by atoms with Gasteiger partial charge in [-0.1, -0.05) is 36.4 Å². The van der Waals surface area contributed by atoms with Crippen LogP contribution >= 0.6 is 0 Å². The van der Waals surface area contributed by atoms with Gasteiger partial charge in [-0.05, 0) is 54.1 Å². The zero-order valence-corrected chi connectivity index (χ0v) is 18.9. The molecule has 0 bridgehead atoms. The summed E-state index contributed by atoms with van der Waals surface area (Å²) in [6, 6.07) is 22.0. The third-order valence-corrected chi connectivity index (χ3v) is 5.44. The van der Waals surface area contributed by atoms with E-state index in [2.05, 4.69) is 10.5 Å². The molecule has 0 unspecified atom stereocenters. The number of hydrogen-bond donors (Lipinski definition) is 1. The molecule has 8 nitrogen and oxygen atoms in total. The number of furan rings is 1. The molecule has 0 spiro atoms. The molecule has 8 heteroatoms. The molecule has 4 aromatic rings. The lowest BCUT2D eigenvalue weighted by atomic mass is 10.1. The second kappa shape index (κ2) is 9.72. The number of benzene rings is 3. The highest BCUT2D eigenvalue weighted by Gasteiger charge is 2.27. The Morgan fingerprint density at radius 1 is 1.03 bits per heavy atom. The number of nitrogens with zero attached hydrogens (tertiary/aromatic N) is 1. The summed E-state index contributed by atoms with van der Waals surface area (Å²) in [5.41, 5.74) is 3.73. The van der Waals surface area contributed by atoms with Crippen molar-refractivity contribution in [2.45, 2.75) is 13.0 Å². The minimum atomic E-state index is -0.828. The van der Waals surface area contributed by atoms with Crippen molar-refractivity contribution in [1.82, 2.24) is 5.43 Å². The highest BCUT2D eigenvalue weighted by atomic mass is 16.6. The van der Waals surface area contributed by atoms with Crippen LogP contribution in [0.3, 0.4) is 0 Å². The largest absolute Gasteiger partial charge is 0.485 e. The second-order valence-electron chi connectivity index (χ2n) is 7.80. The minimum absolute atomic E-state index is 0.0827. The lowest BCUT2D eigenvalue weighted by Gasteiger charge is -2.25. The Bertz CT molecular complexity index is 1410. The average Bonchev–Trinajstić information content (AvgIpc) is 3.36. The number of hydrazone groups is 1. The van der Waals surface area contributed by atoms with E-state index < -0.39 is 12.0 Å². The van der Waals surface area contributed by atoms with Crippen molar-refractivity contribution >= 4 is 28.9 Å². The van der Waals surface area contributed by atoms with Crippen LogP contribution in [0.2, 0.25) is 0 Å². The predicted molar refractivity (Wildman–Crippen MR) is 130 cm³/mol. The van der Waals surface area contributed by atoms with Gasteiger partial charge in [0.05, 0.1) is 18.4 Å². The summed E-state index contributed by atoms with van der Waals surface area (Å²) in [6.07, 6.45) is 0.574. The standard InChI is InChI=1S/C27H22N2O6/c1-2-32-27(31)18-9-7-17(8-10-18)22-12-11-21(34-22)15-28-29-26(30)25-16-33-23-13-19-5-3-4-6-20(19)14-24(23)35-25/h3-15,25H,2,16H2,1H3,(H,29,30)/b28-15+/t25-/m1/s1. The van der Waals surface area contributed by atoms with Gasteiger partial charge in [-0.3, -0.25) is 4.79 Å². The van der Waals surface area contributed by atoms with E-state index in [-0.39, 0.29) is 12.6 Å². The van der Waals surface area contributed by atoms with Crippen LogP contribution in [0.4, 0.5) is 0 Å². The lowest BCUT2D eigenvalue weighted by Crippen LogP contribution is -2.42. The molecule has 176 valence electrons. The van der Waals surface area contributed by atoms with Crippen LogP contribution in [0.15, 0.2) is 82.3 Å². The molecule has 0 aliphatic carbocycles. The Morgan fingerprint density at radius 3 is 2.51 bits per heavy atom. The van der Waals surface area contributed by atoms with E-state index in [4.69, 9.17) is 18.6 Å². The zero-order chi connectivity index (χ0) is 24.2. The molecule has 1 aliphatic heterocycles. The summed E-state index contributed by atoms with van der Waals surface area (Å²) in [4.78, 5) is 24.3. The first-order chi connectivity index (χ1) is 17.1. The minimum Gasteiger partial charge on any atom is -0.485 e. The molecule has 2 heterocycles. The molecule has 0 radical (unpaired) electrons. The van der Waals surface area contributed by atoms with Crippen LogP contribution in [0.1, 0.15) is 23.0 Å². The maximum Gasteiger partial charge on any atom is 0.338 e. The molecule has 1 amide bonds. The van der Waals surface area contributed by atoms with Gasteiger partial charge in [-0.15, -0.1) is 0 Å². The Kier molecular flexibility index (Phi) is 6.17. The van der Waals surface area contributed by atoms with Crippen LogP contribution in [-0.4, -0.2) is 37.4 Å². The first-order valence-electron chi connectivity index (χ1n) is 11.1. The van der Waals surface area contributed by atoms with Crippen molar-refractivity contribution in [1.29, 1.82) is 0 Å². The Morgan fingerprint density at radius 2 is 1.77 bits per heavy atom. The maximum absolute atomic E-state index is 12.5. The number of esters is 1. The fourth-order valence-corrected chi connectivity index (χ4v) is 3.68. The molecule has 0 saturated heterocycles. The summed E-state index contributed by atoms with van der Waals surface area (Å²) in [7, 11) is 0. The molecular formula is C27H22N2O6. The van der Waals surface area contributed by atoms with Gasteiger partial charge in [-0.2, -0.15) is 5.10 Å². The first kappa shape index (κ1) is 22.2. The van der Waals surface area contributed by atoms with E-state index in [1.165, 1.54) is 6.21 Å². The van der Waals surface area contributed by atoms with Gasteiger partial charge in [0.1, 0.15) is 18.1 Å². The molecule has 1 aliphatic rings. The van der Waals surface area contributed by atoms with Gasteiger partial charge in [0, 0.05) is 5.56 Å². The average molecular weight is 470 g/mol. The van der Waals surface area contributed by atoms with E-state index in [0.29, 0.717) is 35.2 Å². The number of fused-ring (bicyclic) bond motifs is 2. The number of rotatable bonds is 6. The fraction of sp³-hybridized carbons (Fsp3) is 0.148. The molecular weight excluding hydrogens is 448 g/mol. The molecule has 1 N–H and O–H groups in total. The van der Waals surface area contributed by atoms with Crippen molar-refractivity contribution in [3.05, 3.63) is 84.1 Å². The van der Waals surface area contributed by atoms with Crippen molar-refractivity contribution in [2.24, 2.45) is 5.10 Å². The summed E-state index contributed by atoms with van der Waals surface area (Å²) in [5.74, 6) is 1.37. The van der Waals surface area contributed by atoms with Crippen LogP contribution in [0, 0.1) is 0 Å². The Hall–Kier alpha value is -4.59. The van der Waals surface area contributed by atoms with Gasteiger partial charge in [0.2, 0.25) is 6.10 Å². The quantitative estimate of drug-likeness (QED) is 0.252. The highest BCUT2D eigenvalue weighted by molar-refractivity contribution is 5.90. The predicted octanol–water partition coefficient (Wildman–Crippen LogP) is 4.57. The van der Waals surface area contributed by atoms with Crippen LogP contribution in [-0.2, 0) is 9.53 Å². The van der Waals surface area contributed by atoms with Gasteiger partial charge in [-0.25, -0.2) is 10.2 Å². The van der Waals surface area contributed by atoms with Crippen LogP contribution in [0.5, 0.6) is 11.5 Å². The van der Waals surface area contributed by atoms with E-state index in [9.17, 15) is 9.59 Å². The third-order valence-electron chi connectivity index (χ3n) is 5.44. The summed E-state index contributed by atoms with van der Waals surface area (Å²) < 4.78 is 22.3. The molecule has 35 heavy (non-hydrogen) atoms. The van der Waals surface area contributed by atoms with Crippen LogP contribution in [0.25, 0.3) is 22.1 Å². The number of nitrogens with one attached hydrogen (secondary N) is 1. The molecule has 1 atom stereocenters. The number of hydrogen-bond acceptors (Lipinski definition) is 7. The van der Waals surface area contributed by atoms with Crippen LogP contribution < -0.4 is 14.9 Å². The SMILES string of the molecule is CCOC(=O)c1ccc(-c2ccc(/C=N/NC(=O)[C@H]3COc4cc5ccccc5cc4O3)o2)cc1. The maximum atomic E-state index is 12.5. The normalized spacial score (nSPS) is 14.7. The molecule has 0 saturated carbocycles. The number of amides is 1. The van der Waals surface area contributed by atoms with Gasteiger partial charge < -0.3 is 18.6 Å². The summed E-state index contributed by atoms with van der Waals surface area (Å²) in [5, 5.41) is 6.01. The Labute approximate surface area is 201 Å². The van der Waals surface area contributed by atoms with E-state index >= 15 is 0 Å². The van der Waals surface area contributed by atoms with Crippen molar-refractivity contribution in [3.63, 3.8) is 0 Å². The molecule has 3 aromatic carbocycles. The van der Waals surface area contributed by atoms with Crippen molar-refractivity contribution < 1.29 is 28.2 Å². The van der Waals surface area contributed by atoms with Crippen molar-refractivity contribution in [3.8, 4) is 22.8 Å². The monoisotopic (exact) mass is 470 g/mol. The van der Waals surface area contributed by atoms with E-state index in [0.717, 1.165) is 16.3 Å². The topological polar surface area (TPSA) is 99.4 Å².